The fourth-order valence-corrected chi connectivity index (χ4v) is 1.45. The van der Waals surface area contributed by atoms with E-state index >= 15 is 0 Å². The van der Waals surface area contributed by atoms with Crippen LogP contribution in [0.15, 0.2) is 24.4 Å². The van der Waals surface area contributed by atoms with Crippen molar-refractivity contribution in [2.24, 2.45) is 0 Å². The Kier molecular flexibility index (Phi) is 3.15. The number of aromatic nitrogens is 2. The monoisotopic (exact) mass is 249 g/mol. The molecule has 1 aromatic carbocycles. The number of rotatable bonds is 2. The zero-order chi connectivity index (χ0) is 12.4. The van der Waals surface area contributed by atoms with Gasteiger partial charge in [-0.3, -0.25) is 0 Å². The van der Waals surface area contributed by atoms with Gasteiger partial charge in [-0.25, -0.2) is 4.98 Å². The number of ether oxygens (including phenoxy) is 1. The number of nitrogen functional groups attached to an aromatic ring is 1. The van der Waals surface area contributed by atoms with E-state index < -0.39 is 0 Å². The van der Waals surface area contributed by atoms with Crippen molar-refractivity contribution in [3.63, 3.8) is 0 Å². The first-order valence-corrected chi connectivity index (χ1v) is 5.47. The summed E-state index contributed by atoms with van der Waals surface area (Å²) in [6, 6.07) is 5.42. The van der Waals surface area contributed by atoms with E-state index in [0.29, 0.717) is 16.7 Å². The molecule has 0 fully saturated rings. The Labute approximate surface area is 104 Å². The third-order valence-electron chi connectivity index (χ3n) is 2.29. The summed E-state index contributed by atoms with van der Waals surface area (Å²) in [5, 5.41) is 0.705. The lowest BCUT2D eigenvalue weighted by Gasteiger charge is -2.08. The fourth-order valence-electron chi connectivity index (χ4n) is 1.33. The zero-order valence-corrected chi connectivity index (χ0v) is 10.3. The predicted octanol–water partition coefficient (Wildman–Crippen LogP) is 3.12. The van der Waals surface area contributed by atoms with Crippen molar-refractivity contribution < 1.29 is 4.74 Å². The number of nitrogens with two attached hydrogens (primary N) is 1. The highest BCUT2D eigenvalue weighted by Gasteiger charge is 2.05. The molecule has 0 radical (unpaired) electrons. The van der Waals surface area contributed by atoms with Gasteiger partial charge in [0.05, 0.1) is 0 Å². The molecule has 0 bridgehead atoms. The third kappa shape index (κ3) is 2.65. The van der Waals surface area contributed by atoms with Gasteiger partial charge in [-0.1, -0.05) is 11.6 Å². The fraction of sp³-hybridized carbons (Fsp3) is 0.167. The lowest BCUT2D eigenvalue weighted by molar-refractivity contribution is 0.458. The van der Waals surface area contributed by atoms with Crippen LogP contribution in [0.4, 0.5) is 5.95 Å². The Balaban J connectivity index is 2.31. The van der Waals surface area contributed by atoms with Crippen LogP contribution in [-0.2, 0) is 0 Å². The van der Waals surface area contributed by atoms with Gasteiger partial charge in [0.2, 0.25) is 11.8 Å². The van der Waals surface area contributed by atoms with Crippen molar-refractivity contribution >= 4 is 17.5 Å². The van der Waals surface area contributed by atoms with Gasteiger partial charge in [-0.2, -0.15) is 4.98 Å². The van der Waals surface area contributed by atoms with Crippen LogP contribution in [0.25, 0.3) is 0 Å². The average molecular weight is 250 g/mol. The van der Waals surface area contributed by atoms with Gasteiger partial charge in [0.1, 0.15) is 5.75 Å². The highest BCUT2D eigenvalue weighted by atomic mass is 35.5. The maximum absolute atomic E-state index is 5.94. The first-order chi connectivity index (χ1) is 8.06. The highest BCUT2D eigenvalue weighted by molar-refractivity contribution is 6.31. The minimum atomic E-state index is 0.191. The molecule has 0 atom stereocenters. The molecule has 0 aliphatic rings. The van der Waals surface area contributed by atoms with Gasteiger partial charge >= 0.3 is 0 Å². The molecule has 17 heavy (non-hydrogen) atoms. The maximum Gasteiger partial charge on any atom is 0.226 e. The largest absolute Gasteiger partial charge is 0.439 e. The Morgan fingerprint density at radius 2 is 2.00 bits per heavy atom. The van der Waals surface area contributed by atoms with E-state index in [9.17, 15) is 0 Å². The first kappa shape index (κ1) is 11.7. The van der Waals surface area contributed by atoms with Crippen LogP contribution >= 0.6 is 11.6 Å². The molecule has 0 aliphatic carbocycles. The second-order valence-electron chi connectivity index (χ2n) is 3.73. The summed E-state index contributed by atoms with van der Waals surface area (Å²) in [7, 11) is 0. The molecular formula is C12H12ClN3O. The summed E-state index contributed by atoms with van der Waals surface area (Å²) >= 11 is 5.94. The summed E-state index contributed by atoms with van der Waals surface area (Å²) in [6.07, 6.45) is 1.63. The predicted molar refractivity (Wildman–Crippen MR) is 67.4 cm³/mol. The van der Waals surface area contributed by atoms with Crippen LogP contribution in [-0.4, -0.2) is 9.97 Å². The van der Waals surface area contributed by atoms with Crippen molar-refractivity contribution in [1.29, 1.82) is 0 Å². The van der Waals surface area contributed by atoms with Crippen LogP contribution in [0, 0.1) is 13.8 Å². The van der Waals surface area contributed by atoms with Crippen LogP contribution in [0.5, 0.6) is 11.6 Å². The summed E-state index contributed by atoms with van der Waals surface area (Å²) in [6.45, 7) is 3.77. The Morgan fingerprint density at radius 1 is 1.24 bits per heavy atom. The van der Waals surface area contributed by atoms with Crippen molar-refractivity contribution in [2.45, 2.75) is 13.8 Å². The molecule has 4 nitrogen and oxygen atoms in total. The van der Waals surface area contributed by atoms with Gasteiger partial charge < -0.3 is 10.5 Å². The quantitative estimate of drug-likeness (QED) is 0.888. The minimum Gasteiger partial charge on any atom is -0.439 e. The molecule has 2 rings (SSSR count). The number of hydrogen-bond acceptors (Lipinski definition) is 4. The van der Waals surface area contributed by atoms with Crippen molar-refractivity contribution in [2.75, 3.05) is 5.73 Å². The molecule has 2 aromatic rings. The number of anilines is 1. The lowest BCUT2D eigenvalue weighted by atomic mass is 10.2. The molecule has 0 aliphatic heterocycles. The normalized spacial score (nSPS) is 10.3. The van der Waals surface area contributed by atoms with Crippen LogP contribution in [0.2, 0.25) is 5.02 Å². The standard InChI is InChI=1S/C12H12ClN3O/c1-7-5-9(3-4-10(7)13)17-11-8(2)6-15-12(14)16-11/h3-6H,1-2H3,(H2,14,15,16). The molecule has 0 unspecified atom stereocenters. The molecule has 88 valence electrons. The molecule has 1 heterocycles. The van der Waals surface area contributed by atoms with Gasteiger partial charge in [-0.15, -0.1) is 0 Å². The highest BCUT2D eigenvalue weighted by Crippen LogP contribution is 2.26. The van der Waals surface area contributed by atoms with E-state index in [4.69, 9.17) is 22.1 Å². The number of aryl methyl sites for hydroxylation is 2. The Morgan fingerprint density at radius 3 is 2.71 bits per heavy atom. The molecule has 2 N–H and O–H groups in total. The summed E-state index contributed by atoms with van der Waals surface area (Å²) in [4.78, 5) is 7.91. The molecule has 5 heteroatoms. The average Bonchev–Trinajstić information content (AvgIpc) is 2.29. The van der Waals surface area contributed by atoms with E-state index in [1.165, 1.54) is 0 Å². The van der Waals surface area contributed by atoms with Gasteiger partial charge in [0.15, 0.2) is 0 Å². The van der Waals surface area contributed by atoms with E-state index in [-0.39, 0.29) is 5.95 Å². The van der Waals surface area contributed by atoms with Gasteiger partial charge in [0, 0.05) is 16.8 Å². The smallest absolute Gasteiger partial charge is 0.226 e. The SMILES string of the molecule is Cc1cc(Oc2nc(N)ncc2C)ccc1Cl. The summed E-state index contributed by atoms with van der Waals surface area (Å²) < 4.78 is 5.64. The second kappa shape index (κ2) is 4.59. The Bertz CT molecular complexity index is 557. The van der Waals surface area contributed by atoms with E-state index in [1.807, 2.05) is 19.9 Å². The van der Waals surface area contributed by atoms with Gasteiger partial charge in [0.25, 0.3) is 0 Å². The summed E-state index contributed by atoms with van der Waals surface area (Å²) in [5.74, 6) is 1.32. The number of halogens is 1. The van der Waals surface area contributed by atoms with E-state index in [1.54, 1.807) is 18.3 Å². The molecular weight excluding hydrogens is 238 g/mol. The van der Waals surface area contributed by atoms with E-state index in [0.717, 1.165) is 11.1 Å². The number of hydrogen-bond donors (Lipinski definition) is 1. The molecule has 0 saturated carbocycles. The molecule has 0 saturated heterocycles. The third-order valence-corrected chi connectivity index (χ3v) is 2.71. The van der Waals surface area contributed by atoms with Gasteiger partial charge in [-0.05, 0) is 37.6 Å². The van der Waals surface area contributed by atoms with Crippen LogP contribution in [0.3, 0.4) is 0 Å². The zero-order valence-electron chi connectivity index (χ0n) is 9.57. The molecule has 0 spiro atoms. The lowest BCUT2D eigenvalue weighted by Crippen LogP contribution is -1.98. The Hall–Kier alpha value is -1.81. The van der Waals surface area contributed by atoms with Crippen LogP contribution in [0.1, 0.15) is 11.1 Å². The maximum atomic E-state index is 5.94. The minimum absolute atomic E-state index is 0.191. The first-order valence-electron chi connectivity index (χ1n) is 5.09. The number of benzene rings is 1. The molecule has 1 aromatic heterocycles. The second-order valence-corrected chi connectivity index (χ2v) is 4.14. The summed E-state index contributed by atoms with van der Waals surface area (Å²) in [5.41, 5.74) is 7.29. The number of nitrogens with zero attached hydrogens (tertiary/aromatic N) is 2. The van der Waals surface area contributed by atoms with Crippen molar-refractivity contribution in [3.05, 3.63) is 40.5 Å². The van der Waals surface area contributed by atoms with Crippen molar-refractivity contribution in [3.8, 4) is 11.6 Å². The van der Waals surface area contributed by atoms with Crippen molar-refractivity contribution in [1.82, 2.24) is 9.97 Å². The topological polar surface area (TPSA) is 61.0 Å². The van der Waals surface area contributed by atoms with Crippen LogP contribution < -0.4 is 10.5 Å². The van der Waals surface area contributed by atoms with E-state index in [2.05, 4.69) is 9.97 Å². The molecule has 0 amide bonds.